The molecule has 0 N–H and O–H groups in total. The maximum Gasteiger partial charge on any atom is 0.308 e. The molecule has 12 aromatic rings. The summed E-state index contributed by atoms with van der Waals surface area (Å²) in [5.41, 5.74) is 27.9. The molecule has 134 heavy (non-hydrogen) atoms. The molecule has 0 fully saturated rings. The van der Waals surface area contributed by atoms with Gasteiger partial charge in [0.25, 0.3) is 0 Å². The number of thioether (sulfide) groups is 3. The Kier molecular flexibility index (Phi) is 43.5. The Morgan fingerprint density at radius 3 is 0.925 bits per heavy atom. The predicted octanol–water partition coefficient (Wildman–Crippen LogP) is 28.8. The van der Waals surface area contributed by atoms with Crippen molar-refractivity contribution in [2.24, 2.45) is 0 Å². The van der Waals surface area contributed by atoms with E-state index in [9.17, 15) is 33.2 Å². The van der Waals surface area contributed by atoms with Crippen LogP contribution >= 0.6 is 59.5 Å². The first kappa shape index (κ1) is 109. The minimum absolute atomic E-state index is 0.0332. The van der Waals surface area contributed by atoms with Crippen LogP contribution in [0.4, 0.5) is 4.39 Å². The third kappa shape index (κ3) is 34.0. The van der Waals surface area contributed by atoms with Gasteiger partial charge in [0, 0.05) is 94.8 Å². The lowest BCUT2D eigenvalue weighted by molar-refractivity contribution is -0.132. The first-order valence-electron chi connectivity index (χ1n) is 44.0. The van der Waals surface area contributed by atoms with E-state index in [0.717, 1.165) is 134 Å². The summed E-state index contributed by atoms with van der Waals surface area (Å²) >= 11 is 14.1. The van der Waals surface area contributed by atoms with Crippen LogP contribution in [0.1, 0.15) is 193 Å². The molecular weight excluding hydrogens is 1780 g/mol. The van der Waals surface area contributed by atoms with Crippen LogP contribution in [0, 0.1) is 137 Å². The smallest absolute Gasteiger partial charge is 0.308 e. The van der Waals surface area contributed by atoms with Gasteiger partial charge in [-0.2, -0.15) is 12.6 Å². The maximum atomic E-state index is 14.0. The molecule has 0 heterocycles. The first-order valence-corrected chi connectivity index (χ1v) is 47.4. The number of thiol groups is 1. The normalized spacial score (nSPS) is 10.5. The molecule has 12 aromatic carbocycles. The van der Waals surface area contributed by atoms with Gasteiger partial charge in [-0.05, 0) is 341 Å². The Morgan fingerprint density at radius 2 is 0.545 bits per heavy atom. The van der Waals surface area contributed by atoms with Crippen molar-refractivity contribution in [2.75, 3.05) is 6.61 Å². The Hall–Kier alpha value is -11.7. The van der Waals surface area contributed by atoms with E-state index >= 15 is 0 Å². The van der Waals surface area contributed by atoms with Crippen LogP contribution in [-0.4, -0.2) is 39.9 Å². The zero-order valence-corrected chi connectivity index (χ0v) is 86.1. The van der Waals surface area contributed by atoms with Crippen LogP contribution in [-0.2, 0) is 74.2 Å². The molecule has 0 aliphatic rings. The summed E-state index contributed by atoms with van der Waals surface area (Å²) in [5.74, 6) is 6.41. The molecule has 0 unspecified atom stereocenters. The summed E-state index contributed by atoms with van der Waals surface area (Å²) in [7, 11) is 0. The first-order chi connectivity index (χ1) is 63.4. The third-order valence-electron chi connectivity index (χ3n) is 21.8. The summed E-state index contributed by atoms with van der Waals surface area (Å²) in [5, 5.41) is 0.664. The number of carbonyl (C=O) groups excluding carboxylic acids is 6. The molecule has 0 saturated carbocycles. The van der Waals surface area contributed by atoms with Crippen molar-refractivity contribution in [3.63, 3.8) is 0 Å². The molecule has 22 heteroatoms. The van der Waals surface area contributed by atoms with E-state index in [1.54, 1.807) is 50.2 Å². The van der Waals surface area contributed by atoms with E-state index in [-0.39, 0.29) is 52.3 Å². The minimum Gasteiger partial charge on any atom is -0.493 e. The van der Waals surface area contributed by atoms with Crippen molar-refractivity contribution in [2.45, 2.75) is 240 Å². The lowest BCUT2D eigenvalue weighted by Gasteiger charge is -2.16. The fourth-order valence-corrected chi connectivity index (χ4v) is 16.5. The van der Waals surface area contributed by atoms with E-state index in [1.807, 2.05) is 159 Å². The van der Waals surface area contributed by atoms with E-state index in [4.69, 9.17) is 59.0 Å². The monoisotopic (exact) mass is 1910 g/mol. The SMILES string of the molecule is CC(=O)Oc1cccc(C)c1COc1cc(C)c(C)cc1C.CC(=O)Oc1cccc(CS)c1COc1cc(C)c(C)cc1C.CC(=O)Sc1cccc(Cl)c1COc1cc(C)c(C)cc1C.CC(=O)Sc1cccc(F)c1COc1cc(C)c(C)cc1C.CC(=O)Sc1ccccc1COc1cc(C)c(C)cc1C.CCOc1cccc(OC(C)=O)c1COc1cc(C)c(C)cc1C. The molecule has 0 aliphatic heterocycles. The van der Waals surface area contributed by atoms with Crippen LogP contribution in [0.5, 0.6) is 57.5 Å². The highest BCUT2D eigenvalue weighted by atomic mass is 35.5. The molecule has 0 atom stereocenters. The standard InChI is InChI=1S/C20H24O4.C19H22O3S.C19H22O3.C18H19ClO2S.C18H19FO2S.C18H20O2S/c1-6-22-18-8-7-9-19(24-16(5)21)17(18)12-23-20-11-14(3)13(2)10-15(20)4;1-12-8-14(3)19(9-13(12)2)21-10-17-16(11-23)6-5-7-18(17)22-15(4)20;1-12-7-6-8-18(22-16(5)20)17(12)11-21-19-10-14(3)13(2)9-15(19)4;2*1-11-8-13(3)17(9-12(11)2)21-10-15-16(19)6-5-7-18(15)22-14(4)20;1-12-9-14(3)17(10-13(12)2)20-11-16-7-5-6-8-18(16)21-15(4)19/h7-11H,6,12H2,1-5H3;5-9,23H,10-11H2,1-4H3;6-10H,11H2,1-5H3;2*5-9H,10H2,1-4H3;5-10H,11H2,1-4H3. The molecule has 0 radical (unpaired) electrons. The zero-order chi connectivity index (χ0) is 98.9. The van der Waals surface area contributed by atoms with Gasteiger partial charge >= 0.3 is 17.9 Å². The van der Waals surface area contributed by atoms with Gasteiger partial charge in [0.1, 0.15) is 103 Å². The fraction of sp³-hybridized carbons (Fsp3) is 0.304. The van der Waals surface area contributed by atoms with Crippen LogP contribution < -0.4 is 47.4 Å². The highest BCUT2D eigenvalue weighted by Gasteiger charge is 2.21. The average Bonchev–Trinajstić information content (AvgIpc) is 0.833. The van der Waals surface area contributed by atoms with E-state index in [2.05, 4.69) is 137 Å². The number of hydrogen-bond donors (Lipinski definition) is 1. The number of hydrogen-bond acceptors (Lipinski definition) is 20. The number of ether oxygens (including phenoxy) is 10. The second-order valence-corrected chi connectivity index (χ2v) is 37.2. The third-order valence-corrected chi connectivity index (χ3v) is 25.2. The van der Waals surface area contributed by atoms with Gasteiger partial charge in [-0.1, -0.05) is 144 Å². The highest BCUT2D eigenvalue weighted by Crippen LogP contribution is 2.38. The fourth-order valence-electron chi connectivity index (χ4n) is 13.7. The van der Waals surface area contributed by atoms with Crippen LogP contribution in [0.2, 0.25) is 5.02 Å². The largest absolute Gasteiger partial charge is 0.493 e. The summed E-state index contributed by atoms with van der Waals surface area (Å²) in [6, 6.07) is 59.6. The van der Waals surface area contributed by atoms with E-state index in [1.165, 1.54) is 118 Å². The number of rotatable bonds is 27. The molecule has 0 bridgehead atoms. The van der Waals surface area contributed by atoms with Crippen molar-refractivity contribution in [3.8, 4) is 57.5 Å². The molecule has 0 aliphatic carbocycles. The van der Waals surface area contributed by atoms with E-state index in [0.29, 0.717) is 77.3 Å². The lowest BCUT2D eigenvalue weighted by Crippen LogP contribution is -2.08. The number of carbonyl (C=O) groups is 6. The molecular formula is C112H126ClFO16S4. The molecule has 16 nitrogen and oxygen atoms in total. The Morgan fingerprint density at radius 1 is 0.269 bits per heavy atom. The van der Waals surface area contributed by atoms with Crippen LogP contribution in [0.25, 0.3) is 0 Å². The minimum atomic E-state index is -0.368. The predicted molar refractivity (Wildman–Crippen MR) is 546 cm³/mol. The number of esters is 3. The van der Waals surface area contributed by atoms with Gasteiger partial charge < -0.3 is 47.4 Å². The molecule has 0 spiro atoms. The molecule has 0 amide bonds. The van der Waals surface area contributed by atoms with Crippen molar-refractivity contribution < 1.29 is 80.5 Å². The number of aryl methyl sites for hydroxylation is 19. The summed E-state index contributed by atoms with van der Waals surface area (Å²) in [4.78, 5) is 70.2. The number of benzene rings is 12. The van der Waals surface area contributed by atoms with Gasteiger partial charge in [0.05, 0.1) is 12.2 Å². The Labute approximate surface area is 815 Å². The summed E-state index contributed by atoms with van der Waals surface area (Å²) in [6.07, 6.45) is 0. The van der Waals surface area contributed by atoms with Crippen molar-refractivity contribution >= 4 is 92.8 Å². The second-order valence-electron chi connectivity index (χ2n) is 32.8. The van der Waals surface area contributed by atoms with Gasteiger partial charge in [0.2, 0.25) is 0 Å². The zero-order valence-electron chi connectivity index (χ0n) is 82.0. The Balaban J connectivity index is 0.000000219. The van der Waals surface area contributed by atoms with Crippen molar-refractivity contribution in [1.82, 2.24) is 0 Å². The number of halogens is 2. The highest BCUT2D eigenvalue weighted by molar-refractivity contribution is 8.14. The van der Waals surface area contributed by atoms with Gasteiger partial charge in [-0.15, -0.1) is 0 Å². The molecule has 12 rings (SSSR count). The quantitative estimate of drug-likeness (QED) is 0.0221. The van der Waals surface area contributed by atoms with Crippen molar-refractivity contribution in [3.05, 3.63) is 344 Å². The molecule has 708 valence electrons. The van der Waals surface area contributed by atoms with Gasteiger partial charge in [-0.25, -0.2) is 4.39 Å². The van der Waals surface area contributed by atoms with Crippen molar-refractivity contribution in [1.29, 1.82) is 0 Å². The van der Waals surface area contributed by atoms with E-state index < -0.39 is 0 Å². The van der Waals surface area contributed by atoms with Crippen LogP contribution in [0.15, 0.2) is 203 Å². The lowest BCUT2D eigenvalue weighted by atomic mass is 10.1. The second kappa shape index (κ2) is 53.4. The topological polar surface area (TPSA) is 195 Å². The maximum absolute atomic E-state index is 14.0. The summed E-state index contributed by atoms with van der Waals surface area (Å²) < 4.78 is 71.2. The molecule has 0 saturated heterocycles. The Bertz CT molecular complexity index is 5870. The summed E-state index contributed by atoms with van der Waals surface area (Å²) in [6.45, 7) is 52.1. The van der Waals surface area contributed by atoms with Crippen LogP contribution in [0.3, 0.4) is 0 Å². The average molecular weight is 1910 g/mol. The van der Waals surface area contributed by atoms with Gasteiger partial charge in [-0.3, -0.25) is 28.8 Å². The van der Waals surface area contributed by atoms with Gasteiger partial charge in [0.15, 0.2) is 15.3 Å². The molecule has 0 aromatic heterocycles.